The molecule has 1 fully saturated rings. The van der Waals surface area contributed by atoms with Crippen LogP contribution < -0.4 is 5.32 Å². The van der Waals surface area contributed by atoms with Crippen LogP contribution in [0.3, 0.4) is 0 Å². The molecule has 0 bridgehead atoms. The molecule has 0 aromatic heterocycles. The number of nitrogens with one attached hydrogen (secondary N) is 1. The molecule has 106 valence electrons. The van der Waals surface area contributed by atoms with Gasteiger partial charge in [0.25, 0.3) is 0 Å². The average molecular weight is 265 g/mol. The molecule has 0 aliphatic heterocycles. The zero-order valence-corrected chi connectivity index (χ0v) is 12.1. The van der Waals surface area contributed by atoms with Gasteiger partial charge in [-0.15, -0.1) is 0 Å². The van der Waals surface area contributed by atoms with Crippen LogP contribution in [0.4, 0.5) is 4.39 Å². The molecule has 2 rings (SSSR count). The third-order valence-corrected chi connectivity index (χ3v) is 3.77. The lowest BCUT2D eigenvalue weighted by Crippen LogP contribution is -2.36. The van der Waals surface area contributed by atoms with Gasteiger partial charge in [-0.25, -0.2) is 4.39 Å². The molecule has 1 aromatic carbocycles. The van der Waals surface area contributed by atoms with E-state index < -0.39 is 0 Å². The summed E-state index contributed by atoms with van der Waals surface area (Å²) in [7, 11) is 0. The molecule has 3 heteroatoms. The lowest BCUT2D eigenvalue weighted by Gasteiger charge is -2.29. The number of likely N-dealkylation sites (N-methyl/N-ethyl adjacent to an activating group) is 1. The number of rotatable bonds is 7. The number of halogens is 1. The maximum Gasteiger partial charge on any atom is 0.123 e. The number of hydrogen-bond acceptors (Lipinski definition) is 2. The molecule has 1 aliphatic carbocycles. The van der Waals surface area contributed by atoms with Crippen molar-refractivity contribution in [1.82, 2.24) is 5.32 Å². The van der Waals surface area contributed by atoms with Gasteiger partial charge >= 0.3 is 0 Å². The highest BCUT2D eigenvalue weighted by Crippen LogP contribution is 2.40. The third kappa shape index (κ3) is 3.54. The van der Waals surface area contributed by atoms with Crippen LogP contribution in [-0.2, 0) is 4.74 Å². The summed E-state index contributed by atoms with van der Waals surface area (Å²) in [5, 5.41) is 3.48. The fraction of sp³-hybridized carbons (Fsp3) is 0.625. The quantitative estimate of drug-likeness (QED) is 0.813. The van der Waals surface area contributed by atoms with Gasteiger partial charge in [-0.05, 0) is 62.4 Å². The largest absolute Gasteiger partial charge is 0.376 e. The van der Waals surface area contributed by atoms with E-state index in [1.54, 1.807) is 6.07 Å². The lowest BCUT2D eigenvalue weighted by atomic mass is 9.94. The molecule has 1 aliphatic rings. The summed E-state index contributed by atoms with van der Waals surface area (Å²) in [5.41, 5.74) is 2.16. The Morgan fingerprint density at radius 3 is 2.68 bits per heavy atom. The molecule has 0 amide bonds. The molecular weight excluding hydrogens is 241 g/mol. The third-order valence-electron chi connectivity index (χ3n) is 3.77. The Kier molecular flexibility index (Phi) is 4.94. The van der Waals surface area contributed by atoms with Crippen molar-refractivity contribution in [3.05, 3.63) is 35.1 Å². The van der Waals surface area contributed by atoms with Gasteiger partial charge in [0.05, 0.1) is 12.1 Å². The predicted molar refractivity (Wildman–Crippen MR) is 75.7 cm³/mol. The lowest BCUT2D eigenvalue weighted by molar-refractivity contribution is 0.0187. The minimum absolute atomic E-state index is 0.0909. The second-order valence-corrected chi connectivity index (χ2v) is 5.29. The zero-order chi connectivity index (χ0) is 13.8. The van der Waals surface area contributed by atoms with Crippen molar-refractivity contribution in [2.75, 3.05) is 13.2 Å². The molecule has 19 heavy (non-hydrogen) atoms. The summed E-state index contributed by atoms with van der Waals surface area (Å²) in [4.78, 5) is 0. The van der Waals surface area contributed by atoms with Crippen LogP contribution >= 0.6 is 0 Å². The maximum atomic E-state index is 13.5. The highest BCUT2D eigenvalue weighted by molar-refractivity contribution is 5.31. The van der Waals surface area contributed by atoms with Gasteiger partial charge in [-0.2, -0.15) is 0 Å². The van der Waals surface area contributed by atoms with Gasteiger partial charge in [0.15, 0.2) is 0 Å². The van der Waals surface area contributed by atoms with E-state index in [0.29, 0.717) is 12.5 Å². The second kappa shape index (κ2) is 6.49. The fourth-order valence-corrected chi connectivity index (χ4v) is 2.69. The van der Waals surface area contributed by atoms with E-state index in [1.165, 1.54) is 18.9 Å². The van der Waals surface area contributed by atoms with Crippen LogP contribution in [0.2, 0.25) is 0 Å². The standard InChI is InChI=1S/C16H24FNO/c1-4-18-15(16(19-5-2)12-7-8-12)14-10-13(17)9-6-11(14)3/h6,9-10,12,15-16,18H,4-5,7-8H2,1-3H3. The first-order valence-electron chi connectivity index (χ1n) is 7.28. The highest BCUT2D eigenvalue weighted by atomic mass is 19.1. The van der Waals surface area contributed by atoms with E-state index in [2.05, 4.69) is 12.2 Å². The van der Waals surface area contributed by atoms with E-state index >= 15 is 0 Å². The highest BCUT2D eigenvalue weighted by Gasteiger charge is 2.38. The van der Waals surface area contributed by atoms with Crippen molar-refractivity contribution >= 4 is 0 Å². The minimum atomic E-state index is -0.172. The van der Waals surface area contributed by atoms with Crippen LogP contribution in [0.5, 0.6) is 0 Å². The van der Waals surface area contributed by atoms with Crippen LogP contribution in [0, 0.1) is 18.7 Å². The van der Waals surface area contributed by atoms with E-state index in [9.17, 15) is 4.39 Å². The van der Waals surface area contributed by atoms with Crippen molar-refractivity contribution in [2.24, 2.45) is 5.92 Å². The van der Waals surface area contributed by atoms with E-state index in [1.807, 2.05) is 19.9 Å². The Labute approximate surface area is 115 Å². The number of benzene rings is 1. The number of hydrogen-bond donors (Lipinski definition) is 1. The van der Waals surface area contributed by atoms with Crippen molar-refractivity contribution in [3.8, 4) is 0 Å². The van der Waals surface area contributed by atoms with Crippen LogP contribution in [0.1, 0.15) is 43.9 Å². The average Bonchev–Trinajstić information content (AvgIpc) is 3.21. The predicted octanol–water partition coefficient (Wildman–Crippen LogP) is 3.60. The Hall–Kier alpha value is -0.930. The van der Waals surface area contributed by atoms with Gasteiger partial charge in [0, 0.05) is 6.61 Å². The summed E-state index contributed by atoms with van der Waals surface area (Å²) in [6, 6.07) is 5.12. The topological polar surface area (TPSA) is 21.3 Å². The van der Waals surface area contributed by atoms with Crippen molar-refractivity contribution in [3.63, 3.8) is 0 Å². The first-order valence-corrected chi connectivity index (χ1v) is 7.28. The molecule has 2 atom stereocenters. The second-order valence-electron chi connectivity index (χ2n) is 5.29. The Morgan fingerprint density at radius 2 is 2.11 bits per heavy atom. The van der Waals surface area contributed by atoms with E-state index in [4.69, 9.17) is 4.74 Å². The minimum Gasteiger partial charge on any atom is -0.376 e. The summed E-state index contributed by atoms with van der Waals surface area (Å²) in [6.07, 6.45) is 2.60. The van der Waals surface area contributed by atoms with Crippen molar-refractivity contribution in [2.45, 2.75) is 45.8 Å². The SMILES string of the molecule is CCNC(c1cc(F)ccc1C)C(OCC)C1CC1. The van der Waals surface area contributed by atoms with Gasteiger partial charge in [0.1, 0.15) is 5.82 Å². The van der Waals surface area contributed by atoms with Crippen LogP contribution in [0.25, 0.3) is 0 Å². The van der Waals surface area contributed by atoms with Crippen molar-refractivity contribution < 1.29 is 9.13 Å². The number of ether oxygens (including phenoxy) is 1. The van der Waals surface area contributed by atoms with Gasteiger partial charge in [-0.3, -0.25) is 0 Å². The number of aryl methyl sites for hydroxylation is 1. The molecule has 0 heterocycles. The normalized spacial score (nSPS) is 18.3. The van der Waals surface area contributed by atoms with Crippen LogP contribution in [0.15, 0.2) is 18.2 Å². The van der Waals surface area contributed by atoms with E-state index in [-0.39, 0.29) is 18.0 Å². The molecule has 2 unspecified atom stereocenters. The maximum absolute atomic E-state index is 13.5. The Morgan fingerprint density at radius 1 is 1.37 bits per heavy atom. The van der Waals surface area contributed by atoms with E-state index in [0.717, 1.165) is 17.7 Å². The van der Waals surface area contributed by atoms with Gasteiger partial charge in [-0.1, -0.05) is 13.0 Å². The van der Waals surface area contributed by atoms with Crippen LogP contribution in [-0.4, -0.2) is 19.3 Å². The van der Waals surface area contributed by atoms with Gasteiger partial charge in [0.2, 0.25) is 0 Å². The summed E-state index contributed by atoms with van der Waals surface area (Å²) >= 11 is 0. The monoisotopic (exact) mass is 265 g/mol. The first kappa shape index (κ1) is 14.5. The molecule has 2 nitrogen and oxygen atoms in total. The smallest absolute Gasteiger partial charge is 0.123 e. The molecule has 1 saturated carbocycles. The summed E-state index contributed by atoms with van der Waals surface area (Å²) in [5.74, 6) is 0.446. The Bertz CT molecular complexity index is 417. The molecule has 1 N–H and O–H groups in total. The zero-order valence-electron chi connectivity index (χ0n) is 12.1. The summed E-state index contributed by atoms with van der Waals surface area (Å²) in [6.45, 7) is 7.71. The first-order chi connectivity index (χ1) is 9.17. The van der Waals surface area contributed by atoms with Crippen molar-refractivity contribution in [1.29, 1.82) is 0 Å². The molecular formula is C16H24FNO. The summed E-state index contributed by atoms with van der Waals surface area (Å²) < 4.78 is 19.5. The molecule has 0 spiro atoms. The fourth-order valence-electron chi connectivity index (χ4n) is 2.69. The molecule has 0 saturated heterocycles. The molecule has 0 radical (unpaired) electrons. The molecule has 1 aromatic rings. The van der Waals surface area contributed by atoms with Gasteiger partial charge < -0.3 is 10.1 Å². The Balaban J connectivity index is 2.28.